The third-order valence-electron chi connectivity index (χ3n) is 1.75. The predicted octanol–water partition coefficient (Wildman–Crippen LogP) is 2.50. The second kappa shape index (κ2) is 4.93. The molecule has 0 aliphatic rings. The molecule has 0 fully saturated rings. The highest BCUT2D eigenvalue weighted by molar-refractivity contribution is 5.53. The van der Waals surface area contributed by atoms with E-state index in [1.807, 2.05) is 0 Å². The molecular weight excluding hydrogens is 207 g/mol. The first-order valence-electron chi connectivity index (χ1n) is 4.34. The number of aliphatic hydroxyl groups is 1. The minimum absolute atomic E-state index is 0.0125. The molecule has 0 atom stereocenters. The monoisotopic (exact) mass is 217 g/mol. The smallest absolute Gasteiger partial charge is 0.396 e. The molecule has 0 spiro atoms. The van der Waals surface area contributed by atoms with Gasteiger partial charge >= 0.3 is 6.18 Å². The van der Waals surface area contributed by atoms with E-state index in [1.54, 1.807) is 0 Å². The summed E-state index contributed by atoms with van der Waals surface area (Å²) in [5, 5.41) is 8.48. The SMILES string of the molecule is OCCC=Cc1cnccc1C(F)(F)F. The maximum atomic E-state index is 12.4. The van der Waals surface area contributed by atoms with E-state index in [9.17, 15) is 13.2 Å². The molecule has 0 aliphatic carbocycles. The lowest BCUT2D eigenvalue weighted by molar-refractivity contribution is -0.137. The van der Waals surface area contributed by atoms with Gasteiger partial charge in [-0.05, 0) is 12.5 Å². The van der Waals surface area contributed by atoms with Crippen molar-refractivity contribution in [1.29, 1.82) is 0 Å². The summed E-state index contributed by atoms with van der Waals surface area (Å²) in [4.78, 5) is 3.62. The van der Waals surface area contributed by atoms with E-state index < -0.39 is 11.7 Å². The van der Waals surface area contributed by atoms with Crippen molar-refractivity contribution in [3.63, 3.8) is 0 Å². The number of aliphatic hydroxyl groups excluding tert-OH is 1. The summed E-state index contributed by atoms with van der Waals surface area (Å²) in [5.74, 6) is 0. The number of rotatable bonds is 3. The van der Waals surface area contributed by atoms with Gasteiger partial charge < -0.3 is 5.11 Å². The molecule has 5 heteroatoms. The zero-order valence-electron chi connectivity index (χ0n) is 7.83. The normalized spacial score (nSPS) is 12.3. The van der Waals surface area contributed by atoms with Gasteiger partial charge in [0.2, 0.25) is 0 Å². The van der Waals surface area contributed by atoms with E-state index in [-0.39, 0.29) is 12.2 Å². The topological polar surface area (TPSA) is 33.1 Å². The number of aromatic nitrogens is 1. The van der Waals surface area contributed by atoms with E-state index >= 15 is 0 Å². The average molecular weight is 217 g/mol. The number of halogens is 3. The fourth-order valence-electron chi connectivity index (χ4n) is 1.08. The summed E-state index contributed by atoms with van der Waals surface area (Å²) in [7, 11) is 0. The molecule has 0 radical (unpaired) electrons. The van der Waals surface area contributed by atoms with Crippen LogP contribution in [0.2, 0.25) is 0 Å². The van der Waals surface area contributed by atoms with Crippen LogP contribution in [0.1, 0.15) is 17.5 Å². The Labute approximate surface area is 85.1 Å². The Bertz CT molecular complexity index is 347. The molecule has 0 unspecified atom stereocenters. The van der Waals surface area contributed by atoms with Gasteiger partial charge in [0, 0.05) is 24.6 Å². The molecule has 1 heterocycles. The van der Waals surface area contributed by atoms with E-state index in [4.69, 9.17) is 5.11 Å². The fourth-order valence-corrected chi connectivity index (χ4v) is 1.08. The van der Waals surface area contributed by atoms with E-state index in [0.29, 0.717) is 6.42 Å². The number of nitrogens with zero attached hydrogens (tertiary/aromatic N) is 1. The molecule has 1 rings (SSSR count). The van der Waals surface area contributed by atoms with Gasteiger partial charge in [-0.3, -0.25) is 4.98 Å². The lowest BCUT2D eigenvalue weighted by atomic mass is 10.1. The number of hydrogen-bond acceptors (Lipinski definition) is 2. The molecule has 15 heavy (non-hydrogen) atoms. The number of hydrogen-bond donors (Lipinski definition) is 1. The first-order chi connectivity index (χ1) is 7.05. The number of pyridine rings is 1. The molecule has 0 aromatic carbocycles. The van der Waals surface area contributed by atoms with Crippen LogP contribution in [0.3, 0.4) is 0 Å². The van der Waals surface area contributed by atoms with Crippen molar-refractivity contribution in [3.8, 4) is 0 Å². The average Bonchev–Trinajstić information content (AvgIpc) is 2.17. The highest BCUT2D eigenvalue weighted by Gasteiger charge is 2.32. The van der Waals surface area contributed by atoms with Crippen molar-refractivity contribution >= 4 is 6.08 Å². The van der Waals surface area contributed by atoms with Gasteiger partial charge in [-0.1, -0.05) is 12.2 Å². The van der Waals surface area contributed by atoms with Crippen LogP contribution >= 0.6 is 0 Å². The van der Waals surface area contributed by atoms with Crippen molar-refractivity contribution in [3.05, 3.63) is 35.7 Å². The zero-order valence-corrected chi connectivity index (χ0v) is 7.83. The summed E-state index contributed by atoms with van der Waals surface area (Å²) < 4.78 is 37.3. The van der Waals surface area contributed by atoms with E-state index in [0.717, 1.165) is 18.5 Å². The van der Waals surface area contributed by atoms with E-state index in [2.05, 4.69) is 4.98 Å². The summed E-state index contributed by atoms with van der Waals surface area (Å²) in [6.07, 6.45) is 0.995. The predicted molar refractivity (Wildman–Crippen MR) is 50.0 cm³/mol. The van der Waals surface area contributed by atoms with Crippen LogP contribution < -0.4 is 0 Å². The third kappa shape index (κ3) is 3.36. The van der Waals surface area contributed by atoms with Crippen LogP contribution in [0.15, 0.2) is 24.5 Å². The Hall–Kier alpha value is -1.36. The van der Waals surface area contributed by atoms with Crippen molar-refractivity contribution in [1.82, 2.24) is 4.98 Å². The van der Waals surface area contributed by atoms with Gasteiger partial charge in [0.05, 0.1) is 5.56 Å². The molecule has 2 nitrogen and oxygen atoms in total. The highest BCUT2D eigenvalue weighted by Crippen LogP contribution is 2.31. The van der Waals surface area contributed by atoms with Gasteiger partial charge in [-0.25, -0.2) is 0 Å². The van der Waals surface area contributed by atoms with Crippen molar-refractivity contribution in [2.24, 2.45) is 0 Å². The first-order valence-corrected chi connectivity index (χ1v) is 4.34. The molecule has 1 N–H and O–H groups in total. The minimum Gasteiger partial charge on any atom is -0.396 e. The Morgan fingerprint density at radius 1 is 1.40 bits per heavy atom. The quantitative estimate of drug-likeness (QED) is 0.843. The van der Waals surface area contributed by atoms with Gasteiger partial charge in [0.25, 0.3) is 0 Å². The van der Waals surface area contributed by atoms with Gasteiger partial charge in [0.15, 0.2) is 0 Å². The molecular formula is C10H10F3NO. The van der Waals surface area contributed by atoms with Crippen molar-refractivity contribution in [2.75, 3.05) is 6.61 Å². The molecule has 82 valence electrons. The summed E-state index contributed by atoms with van der Waals surface area (Å²) in [5.41, 5.74) is -0.704. The zero-order chi connectivity index (χ0) is 11.3. The van der Waals surface area contributed by atoms with Crippen LogP contribution in [0, 0.1) is 0 Å². The molecule has 1 aromatic rings. The van der Waals surface area contributed by atoms with Crippen LogP contribution in [0.4, 0.5) is 13.2 Å². The third-order valence-corrected chi connectivity index (χ3v) is 1.75. The fraction of sp³-hybridized carbons (Fsp3) is 0.300. The Balaban J connectivity index is 2.97. The van der Waals surface area contributed by atoms with Crippen molar-refractivity contribution in [2.45, 2.75) is 12.6 Å². The van der Waals surface area contributed by atoms with Crippen LogP contribution in [-0.2, 0) is 6.18 Å². The standard InChI is InChI=1S/C10H10F3NO/c11-10(12,13)9-4-5-14-7-8(9)3-1-2-6-15/h1,3-5,7,15H,2,6H2. The lowest BCUT2D eigenvalue weighted by Gasteiger charge is -2.08. The first kappa shape index (κ1) is 11.7. The molecule has 0 saturated carbocycles. The summed E-state index contributed by atoms with van der Waals surface area (Å²) >= 11 is 0. The lowest BCUT2D eigenvalue weighted by Crippen LogP contribution is -2.07. The second-order valence-corrected chi connectivity index (χ2v) is 2.88. The van der Waals surface area contributed by atoms with Gasteiger partial charge in [-0.2, -0.15) is 13.2 Å². The van der Waals surface area contributed by atoms with Crippen LogP contribution in [0.25, 0.3) is 6.08 Å². The Kier molecular flexibility index (Phi) is 3.85. The van der Waals surface area contributed by atoms with Crippen molar-refractivity contribution < 1.29 is 18.3 Å². The van der Waals surface area contributed by atoms with Crippen LogP contribution in [-0.4, -0.2) is 16.7 Å². The maximum Gasteiger partial charge on any atom is 0.417 e. The molecule has 0 bridgehead atoms. The highest BCUT2D eigenvalue weighted by atomic mass is 19.4. The Morgan fingerprint density at radius 2 is 2.13 bits per heavy atom. The molecule has 0 aliphatic heterocycles. The van der Waals surface area contributed by atoms with Gasteiger partial charge in [0.1, 0.15) is 0 Å². The molecule has 0 saturated heterocycles. The van der Waals surface area contributed by atoms with Crippen LogP contribution in [0.5, 0.6) is 0 Å². The van der Waals surface area contributed by atoms with E-state index in [1.165, 1.54) is 12.2 Å². The summed E-state index contributed by atoms with van der Waals surface area (Å²) in [6.45, 7) is -0.0852. The second-order valence-electron chi connectivity index (χ2n) is 2.88. The number of alkyl halides is 3. The molecule has 1 aromatic heterocycles. The minimum atomic E-state index is -4.37. The Morgan fingerprint density at radius 3 is 2.73 bits per heavy atom. The molecule has 0 amide bonds. The van der Waals surface area contributed by atoms with Gasteiger partial charge in [-0.15, -0.1) is 0 Å². The maximum absolute atomic E-state index is 12.4. The summed E-state index contributed by atoms with van der Waals surface area (Å²) in [6, 6.07) is 0.929. The largest absolute Gasteiger partial charge is 0.417 e.